The number of piperidine rings is 1. The summed E-state index contributed by atoms with van der Waals surface area (Å²) in [6.45, 7) is 2.78. The van der Waals surface area contributed by atoms with Crippen molar-refractivity contribution in [3.8, 4) is 5.75 Å². The second-order valence-electron chi connectivity index (χ2n) is 7.80. The van der Waals surface area contributed by atoms with Crippen molar-refractivity contribution >= 4 is 31.9 Å². The standard InChI is InChI=1S/C23H29BrN2O4S/c1-3-22(18-6-10-21(30-2)11-7-18)25-23(27)19-12-14-26(15-13-19)31(28,29)16-17-4-8-20(24)9-5-17/h4-11,19,22H,3,12-16H2,1-2H3,(H,25,27)/t22-/m1/s1. The molecule has 0 aromatic heterocycles. The molecule has 0 aliphatic carbocycles. The van der Waals surface area contributed by atoms with Crippen molar-refractivity contribution in [2.24, 2.45) is 5.92 Å². The lowest BCUT2D eigenvalue weighted by Crippen LogP contribution is -2.44. The first-order chi connectivity index (χ1) is 14.8. The molecule has 0 saturated carbocycles. The highest BCUT2D eigenvalue weighted by atomic mass is 79.9. The molecule has 2 aromatic carbocycles. The number of hydrogen-bond donors (Lipinski definition) is 1. The molecule has 1 aliphatic rings. The van der Waals surface area contributed by atoms with E-state index >= 15 is 0 Å². The molecule has 0 unspecified atom stereocenters. The Labute approximate surface area is 193 Å². The molecule has 1 N–H and O–H groups in total. The number of methoxy groups -OCH3 is 1. The van der Waals surface area contributed by atoms with Crippen LogP contribution in [0.5, 0.6) is 5.75 Å². The smallest absolute Gasteiger partial charge is 0.223 e. The molecule has 1 fully saturated rings. The number of amides is 1. The summed E-state index contributed by atoms with van der Waals surface area (Å²) in [4.78, 5) is 12.8. The second-order valence-corrected chi connectivity index (χ2v) is 10.7. The summed E-state index contributed by atoms with van der Waals surface area (Å²) in [5, 5.41) is 3.14. The van der Waals surface area contributed by atoms with E-state index in [1.807, 2.05) is 55.5 Å². The van der Waals surface area contributed by atoms with Crippen LogP contribution in [-0.4, -0.2) is 38.8 Å². The van der Waals surface area contributed by atoms with Gasteiger partial charge in [-0.25, -0.2) is 12.7 Å². The lowest BCUT2D eigenvalue weighted by molar-refractivity contribution is -0.126. The van der Waals surface area contributed by atoms with Gasteiger partial charge in [0.15, 0.2) is 0 Å². The van der Waals surface area contributed by atoms with Gasteiger partial charge in [-0.1, -0.05) is 47.1 Å². The van der Waals surface area contributed by atoms with Gasteiger partial charge < -0.3 is 10.1 Å². The van der Waals surface area contributed by atoms with Gasteiger partial charge in [0.1, 0.15) is 5.75 Å². The highest BCUT2D eigenvalue weighted by molar-refractivity contribution is 9.10. The van der Waals surface area contributed by atoms with Gasteiger partial charge in [0.2, 0.25) is 15.9 Å². The Morgan fingerprint density at radius 3 is 2.29 bits per heavy atom. The van der Waals surface area contributed by atoms with E-state index < -0.39 is 10.0 Å². The van der Waals surface area contributed by atoms with E-state index in [9.17, 15) is 13.2 Å². The van der Waals surface area contributed by atoms with Crippen LogP contribution in [0.25, 0.3) is 0 Å². The van der Waals surface area contributed by atoms with Crippen molar-refractivity contribution in [3.63, 3.8) is 0 Å². The Morgan fingerprint density at radius 1 is 1.13 bits per heavy atom. The molecule has 3 rings (SSSR count). The summed E-state index contributed by atoms with van der Waals surface area (Å²) >= 11 is 3.36. The number of carbonyl (C=O) groups is 1. The van der Waals surface area contributed by atoms with E-state index in [0.717, 1.165) is 27.8 Å². The first-order valence-corrected chi connectivity index (χ1v) is 12.9. The molecular weight excluding hydrogens is 480 g/mol. The SMILES string of the molecule is CC[C@@H](NC(=O)C1CCN(S(=O)(=O)Cc2ccc(Br)cc2)CC1)c1ccc(OC)cc1. The number of ether oxygens (including phenoxy) is 1. The molecule has 1 aliphatic heterocycles. The number of carbonyl (C=O) groups excluding carboxylic acids is 1. The molecule has 8 heteroatoms. The number of halogens is 1. The topological polar surface area (TPSA) is 75.7 Å². The van der Waals surface area contributed by atoms with Crippen molar-refractivity contribution in [1.82, 2.24) is 9.62 Å². The molecule has 1 amide bonds. The molecule has 1 saturated heterocycles. The predicted molar refractivity (Wildman–Crippen MR) is 125 cm³/mol. The molecular formula is C23H29BrN2O4S. The van der Waals surface area contributed by atoms with E-state index in [1.54, 1.807) is 7.11 Å². The fourth-order valence-electron chi connectivity index (χ4n) is 3.83. The third kappa shape index (κ3) is 6.30. The molecule has 1 atom stereocenters. The second kappa shape index (κ2) is 10.6. The first kappa shape index (κ1) is 23.8. The van der Waals surface area contributed by atoms with E-state index in [1.165, 1.54) is 4.31 Å². The minimum atomic E-state index is -3.40. The Hall–Kier alpha value is -1.90. The molecule has 0 bridgehead atoms. The largest absolute Gasteiger partial charge is 0.497 e. The van der Waals surface area contributed by atoms with Crippen molar-refractivity contribution < 1.29 is 17.9 Å². The van der Waals surface area contributed by atoms with Crippen LogP contribution in [0.1, 0.15) is 43.4 Å². The summed E-state index contributed by atoms with van der Waals surface area (Å²) in [7, 11) is -1.78. The zero-order chi connectivity index (χ0) is 22.4. The summed E-state index contributed by atoms with van der Waals surface area (Å²) in [6.07, 6.45) is 1.84. The Balaban J connectivity index is 1.55. The normalized spacial score (nSPS) is 16.6. The monoisotopic (exact) mass is 508 g/mol. The van der Waals surface area contributed by atoms with Gasteiger partial charge >= 0.3 is 0 Å². The molecule has 168 valence electrons. The minimum absolute atomic E-state index is 0.00683. The molecule has 0 radical (unpaired) electrons. The average Bonchev–Trinajstić information content (AvgIpc) is 2.79. The number of benzene rings is 2. The van der Waals surface area contributed by atoms with Crippen LogP contribution in [0.15, 0.2) is 53.0 Å². The van der Waals surface area contributed by atoms with Gasteiger partial charge in [0.25, 0.3) is 0 Å². The summed E-state index contributed by atoms with van der Waals surface area (Å²) in [5.74, 6) is 0.577. The fourth-order valence-corrected chi connectivity index (χ4v) is 5.65. The lowest BCUT2D eigenvalue weighted by Gasteiger charge is -2.31. The van der Waals surface area contributed by atoms with Crippen LogP contribution >= 0.6 is 15.9 Å². The van der Waals surface area contributed by atoms with Gasteiger partial charge in [-0.3, -0.25) is 4.79 Å². The maximum Gasteiger partial charge on any atom is 0.223 e. The predicted octanol–water partition coefficient (Wildman–Crippen LogP) is 4.27. The van der Waals surface area contributed by atoms with Gasteiger partial charge in [0.05, 0.1) is 18.9 Å². The number of hydrogen-bond acceptors (Lipinski definition) is 4. The van der Waals surface area contributed by atoms with Crippen LogP contribution < -0.4 is 10.1 Å². The van der Waals surface area contributed by atoms with Gasteiger partial charge in [-0.05, 0) is 54.7 Å². The number of sulfonamides is 1. The summed E-state index contributed by atoms with van der Waals surface area (Å²) in [5.41, 5.74) is 1.79. The third-order valence-electron chi connectivity index (χ3n) is 5.72. The van der Waals surface area contributed by atoms with Gasteiger partial charge in [-0.2, -0.15) is 0 Å². The highest BCUT2D eigenvalue weighted by Gasteiger charge is 2.31. The van der Waals surface area contributed by atoms with Crippen molar-refractivity contribution in [2.75, 3.05) is 20.2 Å². The zero-order valence-electron chi connectivity index (χ0n) is 17.9. The van der Waals surface area contributed by atoms with E-state index in [-0.39, 0.29) is 23.6 Å². The van der Waals surface area contributed by atoms with Crippen LogP contribution in [0.3, 0.4) is 0 Å². The van der Waals surface area contributed by atoms with Crippen LogP contribution in [-0.2, 0) is 20.6 Å². The van der Waals surface area contributed by atoms with Crippen molar-refractivity contribution in [2.45, 2.75) is 38.0 Å². The minimum Gasteiger partial charge on any atom is -0.497 e. The fraction of sp³-hybridized carbons (Fsp3) is 0.435. The first-order valence-electron chi connectivity index (χ1n) is 10.5. The van der Waals surface area contributed by atoms with Crippen molar-refractivity contribution in [1.29, 1.82) is 0 Å². The van der Waals surface area contributed by atoms with E-state index in [4.69, 9.17) is 4.74 Å². The van der Waals surface area contributed by atoms with Crippen LogP contribution in [0, 0.1) is 5.92 Å². The van der Waals surface area contributed by atoms with E-state index in [2.05, 4.69) is 21.2 Å². The zero-order valence-corrected chi connectivity index (χ0v) is 20.3. The molecule has 31 heavy (non-hydrogen) atoms. The lowest BCUT2D eigenvalue weighted by atomic mass is 9.95. The molecule has 6 nitrogen and oxygen atoms in total. The number of rotatable bonds is 8. The Kier molecular flexibility index (Phi) is 8.13. The number of nitrogens with zero attached hydrogens (tertiary/aromatic N) is 1. The van der Waals surface area contributed by atoms with Crippen LogP contribution in [0.2, 0.25) is 0 Å². The van der Waals surface area contributed by atoms with E-state index in [0.29, 0.717) is 25.9 Å². The van der Waals surface area contributed by atoms with Crippen molar-refractivity contribution in [3.05, 3.63) is 64.1 Å². The number of nitrogens with one attached hydrogen (secondary N) is 1. The molecule has 2 aromatic rings. The van der Waals surface area contributed by atoms with Gasteiger partial charge in [-0.15, -0.1) is 0 Å². The highest BCUT2D eigenvalue weighted by Crippen LogP contribution is 2.25. The quantitative estimate of drug-likeness (QED) is 0.577. The summed E-state index contributed by atoms with van der Waals surface area (Å²) < 4.78 is 33.2. The Bertz CT molecular complexity index is 970. The Morgan fingerprint density at radius 2 is 1.74 bits per heavy atom. The van der Waals surface area contributed by atoms with Crippen LogP contribution in [0.4, 0.5) is 0 Å². The molecule has 1 heterocycles. The maximum absolute atomic E-state index is 12.8. The average molecular weight is 509 g/mol. The molecule has 0 spiro atoms. The third-order valence-corrected chi connectivity index (χ3v) is 8.10. The maximum atomic E-state index is 12.8. The summed E-state index contributed by atoms with van der Waals surface area (Å²) in [6, 6.07) is 14.9. The van der Waals surface area contributed by atoms with Gasteiger partial charge in [0, 0.05) is 23.5 Å².